The summed E-state index contributed by atoms with van der Waals surface area (Å²) in [6, 6.07) is 11.4. The van der Waals surface area contributed by atoms with Crippen LogP contribution in [0.2, 0.25) is 0 Å². The molecule has 2 aromatic carbocycles. The first kappa shape index (κ1) is 21.7. The molecule has 9 heteroatoms. The van der Waals surface area contributed by atoms with Crippen LogP contribution in [0.1, 0.15) is 23.7 Å². The highest BCUT2D eigenvalue weighted by Crippen LogP contribution is 2.24. The number of amides is 1. The van der Waals surface area contributed by atoms with Gasteiger partial charge in [-0.05, 0) is 87.4 Å². The molecule has 1 fully saturated rings. The molecule has 1 atom stereocenters. The van der Waals surface area contributed by atoms with Gasteiger partial charge in [0.05, 0.1) is 18.1 Å². The number of hydrogen-bond donors (Lipinski definition) is 1. The summed E-state index contributed by atoms with van der Waals surface area (Å²) < 4.78 is 34.7. The zero-order chi connectivity index (χ0) is 20.3. The Labute approximate surface area is 187 Å². The van der Waals surface area contributed by atoms with E-state index in [1.165, 1.54) is 28.6 Å². The average molecular weight is 579 g/mol. The summed E-state index contributed by atoms with van der Waals surface area (Å²) in [6.07, 6.45) is 0.686. The van der Waals surface area contributed by atoms with Gasteiger partial charge in [0.15, 0.2) is 0 Å². The van der Waals surface area contributed by atoms with Crippen LogP contribution in [0, 0.1) is 3.57 Å². The predicted molar refractivity (Wildman–Crippen MR) is 120 cm³/mol. The van der Waals surface area contributed by atoms with E-state index in [-0.39, 0.29) is 16.8 Å². The van der Waals surface area contributed by atoms with E-state index in [9.17, 15) is 13.2 Å². The molecule has 1 aliphatic rings. The number of anilines is 1. The van der Waals surface area contributed by atoms with Gasteiger partial charge in [0.2, 0.25) is 10.0 Å². The van der Waals surface area contributed by atoms with Crippen LogP contribution in [0.3, 0.4) is 0 Å². The maximum Gasteiger partial charge on any atom is 0.255 e. The first-order valence-corrected chi connectivity index (χ1v) is 12.1. The molecule has 28 heavy (non-hydrogen) atoms. The Morgan fingerprint density at radius 2 is 2.00 bits per heavy atom. The maximum atomic E-state index is 13.0. The van der Waals surface area contributed by atoms with Crippen molar-refractivity contribution in [3.63, 3.8) is 0 Å². The van der Waals surface area contributed by atoms with Crippen molar-refractivity contribution in [3.05, 3.63) is 56.1 Å². The minimum atomic E-state index is -3.62. The van der Waals surface area contributed by atoms with Crippen molar-refractivity contribution in [1.29, 1.82) is 0 Å². The summed E-state index contributed by atoms with van der Waals surface area (Å²) in [5.74, 6) is -0.292. The number of carbonyl (C=O) groups is 1. The van der Waals surface area contributed by atoms with E-state index in [1.54, 1.807) is 6.07 Å². The van der Waals surface area contributed by atoms with Gasteiger partial charge in [-0.15, -0.1) is 0 Å². The van der Waals surface area contributed by atoms with Gasteiger partial charge in [0.1, 0.15) is 0 Å². The average Bonchev–Trinajstić information content (AvgIpc) is 2.70. The molecule has 150 valence electrons. The van der Waals surface area contributed by atoms with Gasteiger partial charge < -0.3 is 10.1 Å². The summed E-state index contributed by atoms with van der Waals surface area (Å²) in [7, 11) is -3.62. The Balaban J connectivity index is 1.76. The smallest absolute Gasteiger partial charge is 0.255 e. The Hall–Kier alpha value is -1.01. The van der Waals surface area contributed by atoms with Gasteiger partial charge in [-0.2, -0.15) is 4.31 Å². The number of rotatable bonds is 5. The zero-order valence-electron chi connectivity index (χ0n) is 15.2. The first-order valence-electron chi connectivity index (χ1n) is 8.79. The molecule has 6 nitrogen and oxygen atoms in total. The number of ether oxygens (including phenoxy) is 1. The second-order valence-corrected chi connectivity index (χ2v) is 10.3. The highest BCUT2D eigenvalue weighted by Gasteiger charge is 2.33. The standard InChI is InChI=1S/C19H20BrIN2O4S/c1-2-15-12-27-10-9-23(15)28(25,26)16-6-3-13(4-7-16)19(24)22-14-5-8-17(20)18(21)11-14/h3-8,11,15H,2,9-10,12H2,1H3,(H,22,24). The minimum absolute atomic E-state index is 0.165. The molecule has 0 radical (unpaired) electrons. The van der Waals surface area contributed by atoms with Gasteiger partial charge in [-0.3, -0.25) is 4.79 Å². The molecule has 1 aliphatic heterocycles. The lowest BCUT2D eigenvalue weighted by molar-refractivity contribution is 0.0314. The van der Waals surface area contributed by atoms with Gasteiger partial charge in [-0.1, -0.05) is 6.92 Å². The molecule has 0 saturated carbocycles. The van der Waals surface area contributed by atoms with E-state index < -0.39 is 10.0 Å². The van der Waals surface area contributed by atoms with Crippen molar-refractivity contribution in [2.24, 2.45) is 0 Å². The van der Waals surface area contributed by atoms with Crippen LogP contribution in [0.5, 0.6) is 0 Å². The van der Waals surface area contributed by atoms with E-state index in [4.69, 9.17) is 4.74 Å². The quantitative estimate of drug-likeness (QED) is 0.542. The molecule has 0 bridgehead atoms. The van der Waals surface area contributed by atoms with E-state index in [1.807, 2.05) is 19.1 Å². The summed E-state index contributed by atoms with van der Waals surface area (Å²) in [5.41, 5.74) is 1.07. The maximum absolute atomic E-state index is 13.0. The Bertz CT molecular complexity index is 966. The lowest BCUT2D eigenvalue weighted by atomic mass is 10.2. The number of halogens is 2. The third kappa shape index (κ3) is 4.76. The van der Waals surface area contributed by atoms with Gasteiger partial charge >= 0.3 is 0 Å². The molecule has 3 rings (SSSR count). The molecular formula is C19H20BrIN2O4S. The highest BCUT2D eigenvalue weighted by molar-refractivity contribution is 14.1. The van der Waals surface area contributed by atoms with Crippen molar-refractivity contribution in [2.75, 3.05) is 25.1 Å². The molecule has 1 saturated heterocycles. The van der Waals surface area contributed by atoms with Gasteiger partial charge in [0.25, 0.3) is 5.91 Å². The number of carbonyl (C=O) groups excluding carboxylic acids is 1. The molecular weight excluding hydrogens is 559 g/mol. The van der Waals surface area contributed by atoms with E-state index >= 15 is 0 Å². The Morgan fingerprint density at radius 3 is 2.64 bits per heavy atom. The van der Waals surface area contributed by atoms with Crippen molar-refractivity contribution >= 4 is 60.1 Å². The summed E-state index contributed by atoms with van der Waals surface area (Å²) in [4.78, 5) is 12.7. The second-order valence-electron chi connectivity index (χ2n) is 6.36. The topological polar surface area (TPSA) is 75.7 Å². The number of hydrogen-bond acceptors (Lipinski definition) is 4. The fourth-order valence-electron chi connectivity index (χ4n) is 2.97. The Morgan fingerprint density at radius 1 is 1.29 bits per heavy atom. The predicted octanol–water partition coefficient (Wildman–Crippen LogP) is 4.11. The summed E-state index contributed by atoms with van der Waals surface area (Å²) in [6.45, 7) is 3.08. The molecule has 0 aliphatic carbocycles. The van der Waals surface area contributed by atoms with Crippen molar-refractivity contribution < 1.29 is 17.9 Å². The van der Waals surface area contributed by atoms with Crippen LogP contribution in [0.15, 0.2) is 51.8 Å². The van der Waals surface area contributed by atoms with Gasteiger partial charge in [0, 0.05) is 31.9 Å². The number of sulfonamides is 1. The first-order chi connectivity index (χ1) is 13.3. The van der Waals surface area contributed by atoms with Crippen LogP contribution in [0.25, 0.3) is 0 Å². The molecule has 1 unspecified atom stereocenters. The minimum Gasteiger partial charge on any atom is -0.378 e. The lowest BCUT2D eigenvalue weighted by Crippen LogP contribution is -2.48. The van der Waals surface area contributed by atoms with Crippen LogP contribution < -0.4 is 5.32 Å². The van der Waals surface area contributed by atoms with E-state index in [2.05, 4.69) is 43.8 Å². The fourth-order valence-corrected chi connectivity index (χ4v) is 5.40. The largest absolute Gasteiger partial charge is 0.378 e. The van der Waals surface area contributed by atoms with Crippen LogP contribution in [-0.4, -0.2) is 44.4 Å². The second kappa shape index (κ2) is 9.21. The van der Waals surface area contributed by atoms with Crippen molar-refractivity contribution in [1.82, 2.24) is 4.31 Å². The van der Waals surface area contributed by atoms with Crippen molar-refractivity contribution in [3.8, 4) is 0 Å². The molecule has 1 heterocycles. The van der Waals surface area contributed by atoms with Crippen molar-refractivity contribution in [2.45, 2.75) is 24.3 Å². The van der Waals surface area contributed by atoms with Gasteiger partial charge in [-0.25, -0.2) is 8.42 Å². The number of nitrogens with one attached hydrogen (secondary N) is 1. The molecule has 1 amide bonds. The van der Waals surface area contributed by atoms with Crippen LogP contribution >= 0.6 is 38.5 Å². The molecule has 1 N–H and O–H groups in total. The molecule has 0 spiro atoms. The monoisotopic (exact) mass is 578 g/mol. The molecule has 0 aromatic heterocycles. The zero-order valence-corrected chi connectivity index (χ0v) is 19.8. The lowest BCUT2D eigenvalue weighted by Gasteiger charge is -2.33. The fraction of sp³-hybridized carbons (Fsp3) is 0.316. The molecule has 2 aromatic rings. The Kier molecular flexibility index (Phi) is 7.13. The summed E-state index contributed by atoms with van der Waals surface area (Å²) in [5, 5.41) is 2.82. The number of nitrogens with zero attached hydrogens (tertiary/aromatic N) is 1. The third-order valence-electron chi connectivity index (χ3n) is 4.55. The highest BCUT2D eigenvalue weighted by atomic mass is 127. The number of benzene rings is 2. The SMILES string of the molecule is CCC1COCCN1S(=O)(=O)c1ccc(C(=O)Nc2ccc(Br)c(I)c2)cc1. The van der Waals surface area contributed by atoms with Crippen LogP contribution in [-0.2, 0) is 14.8 Å². The van der Waals surface area contributed by atoms with Crippen LogP contribution in [0.4, 0.5) is 5.69 Å². The van der Waals surface area contributed by atoms with E-state index in [0.717, 1.165) is 8.04 Å². The summed E-state index contributed by atoms with van der Waals surface area (Å²) >= 11 is 5.59. The normalized spacial score (nSPS) is 18.0. The van der Waals surface area contributed by atoms with E-state index in [0.29, 0.717) is 37.4 Å². The third-order valence-corrected chi connectivity index (χ3v) is 8.84. The number of morpholine rings is 1.